The van der Waals surface area contributed by atoms with Gasteiger partial charge < -0.3 is 16.2 Å². The van der Waals surface area contributed by atoms with Gasteiger partial charge in [-0.25, -0.2) is 9.97 Å². The van der Waals surface area contributed by atoms with Crippen molar-refractivity contribution in [3.8, 4) is 5.75 Å². The van der Waals surface area contributed by atoms with E-state index in [-0.39, 0.29) is 18.1 Å². The number of nitrogen functional groups attached to an aromatic ring is 1. The maximum absolute atomic E-state index is 13.2. The predicted molar refractivity (Wildman–Crippen MR) is 115 cm³/mol. The molecule has 0 radical (unpaired) electrons. The smallest absolute Gasteiger partial charge is 0.431 e. The van der Waals surface area contributed by atoms with Crippen LogP contribution in [0.2, 0.25) is 0 Å². The number of aliphatic imine (C=N–C) groups is 1. The number of likely N-dealkylation sites (tertiary alicyclic amines) is 1. The van der Waals surface area contributed by atoms with Gasteiger partial charge in [-0.3, -0.25) is 9.89 Å². The van der Waals surface area contributed by atoms with E-state index < -0.39 is 11.9 Å². The van der Waals surface area contributed by atoms with Crippen LogP contribution in [-0.2, 0) is 6.42 Å². The van der Waals surface area contributed by atoms with E-state index in [1.807, 2.05) is 17.0 Å². The second kappa shape index (κ2) is 8.26. The molecule has 0 atom stereocenters. The van der Waals surface area contributed by atoms with Gasteiger partial charge >= 0.3 is 6.18 Å². The van der Waals surface area contributed by atoms with Crippen molar-refractivity contribution in [2.24, 2.45) is 10.7 Å². The molecule has 4 rings (SSSR count). The van der Waals surface area contributed by atoms with Gasteiger partial charge in [0.1, 0.15) is 17.0 Å². The Morgan fingerprint density at radius 1 is 1.28 bits per heavy atom. The molecule has 0 unspecified atom stereocenters. The number of aromatic nitrogens is 4. The highest BCUT2D eigenvalue weighted by Gasteiger charge is 2.37. The highest BCUT2D eigenvalue weighted by Crippen LogP contribution is 2.29. The zero-order chi connectivity index (χ0) is 23.0. The van der Waals surface area contributed by atoms with Crippen LogP contribution >= 0.6 is 0 Å². The largest absolute Gasteiger partial charge is 0.494 e. The van der Waals surface area contributed by atoms with E-state index in [9.17, 15) is 13.2 Å². The molecule has 2 aromatic heterocycles. The van der Waals surface area contributed by atoms with E-state index in [2.05, 4.69) is 20.1 Å². The van der Waals surface area contributed by atoms with Gasteiger partial charge in [0.15, 0.2) is 11.5 Å². The first kappa shape index (κ1) is 21.8. The lowest BCUT2D eigenvalue weighted by molar-refractivity contribution is -0.0935. The van der Waals surface area contributed by atoms with Crippen molar-refractivity contribution in [3.63, 3.8) is 0 Å². The monoisotopic (exact) mass is 448 g/mol. The number of benzene rings is 1. The molecule has 32 heavy (non-hydrogen) atoms. The molecule has 170 valence electrons. The third-order valence-corrected chi connectivity index (χ3v) is 5.50. The summed E-state index contributed by atoms with van der Waals surface area (Å²) in [5, 5.41) is 5.18. The van der Waals surface area contributed by atoms with Crippen molar-refractivity contribution in [2.45, 2.75) is 19.0 Å². The summed E-state index contributed by atoms with van der Waals surface area (Å²) in [6.07, 6.45) is -3.78. The molecule has 4 N–H and O–H groups in total. The third-order valence-electron chi connectivity index (χ3n) is 5.50. The molecule has 0 saturated carbocycles. The van der Waals surface area contributed by atoms with Crippen LogP contribution in [0.3, 0.4) is 0 Å². The molecule has 1 aliphatic rings. The van der Waals surface area contributed by atoms with Crippen molar-refractivity contribution in [2.75, 3.05) is 39.5 Å². The molecular weight excluding hydrogens is 425 g/mol. The Bertz CT molecular complexity index is 1230. The van der Waals surface area contributed by atoms with Gasteiger partial charge in [-0.2, -0.15) is 17.7 Å². The number of halogens is 3. The van der Waals surface area contributed by atoms with Crippen molar-refractivity contribution in [3.05, 3.63) is 35.3 Å². The summed E-state index contributed by atoms with van der Waals surface area (Å²) >= 11 is 0. The first-order chi connectivity index (χ1) is 15.2. The van der Waals surface area contributed by atoms with Gasteiger partial charge in [-0.05, 0) is 12.1 Å². The Labute approximate surface area is 181 Å². The van der Waals surface area contributed by atoms with E-state index in [1.165, 1.54) is 11.6 Å². The number of ether oxygens (including phenoxy) is 1. The summed E-state index contributed by atoms with van der Waals surface area (Å²) in [7, 11) is 3.03. The van der Waals surface area contributed by atoms with Crippen LogP contribution in [0.5, 0.6) is 5.75 Å². The minimum Gasteiger partial charge on any atom is -0.494 e. The number of fused-ring (bicyclic) bond motifs is 3. The van der Waals surface area contributed by atoms with Crippen molar-refractivity contribution >= 4 is 28.2 Å². The number of methoxy groups -OCH3 is 1. The van der Waals surface area contributed by atoms with Gasteiger partial charge in [0.2, 0.25) is 5.95 Å². The Morgan fingerprint density at radius 2 is 2.06 bits per heavy atom. The van der Waals surface area contributed by atoms with E-state index in [1.54, 1.807) is 13.2 Å². The fraction of sp³-hybridized carbons (Fsp3) is 0.400. The Hall–Kier alpha value is -3.41. The number of hydrogen-bond donors (Lipinski definition) is 2. The molecule has 0 amide bonds. The van der Waals surface area contributed by atoms with E-state index >= 15 is 0 Å². The molecule has 3 heterocycles. The lowest BCUT2D eigenvalue weighted by Gasteiger charge is -2.30. The predicted octanol–water partition coefficient (Wildman–Crippen LogP) is 1.96. The summed E-state index contributed by atoms with van der Waals surface area (Å²) in [6.45, 7) is 1.09. The maximum atomic E-state index is 13.2. The Kier molecular flexibility index (Phi) is 5.63. The van der Waals surface area contributed by atoms with Crippen LogP contribution in [0.25, 0.3) is 16.6 Å². The van der Waals surface area contributed by atoms with E-state index in [0.29, 0.717) is 54.4 Å². The van der Waals surface area contributed by atoms with Gasteiger partial charge in [0, 0.05) is 56.2 Å². The third kappa shape index (κ3) is 3.93. The fourth-order valence-corrected chi connectivity index (χ4v) is 3.86. The molecule has 1 fully saturated rings. The molecule has 9 nitrogen and oxygen atoms in total. The van der Waals surface area contributed by atoms with Gasteiger partial charge in [0.25, 0.3) is 0 Å². The summed E-state index contributed by atoms with van der Waals surface area (Å²) < 4.78 is 46.3. The Morgan fingerprint density at radius 3 is 2.75 bits per heavy atom. The number of piperidine rings is 1. The highest BCUT2D eigenvalue weighted by molar-refractivity contribution is 6.02. The molecule has 1 aromatic carbocycles. The van der Waals surface area contributed by atoms with Gasteiger partial charge in [-0.15, -0.1) is 5.10 Å². The van der Waals surface area contributed by atoms with Crippen LogP contribution in [0.4, 0.5) is 19.1 Å². The number of hydrogen-bond acceptors (Lipinski definition) is 8. The minimum atomic E-state index is -4.59. The molecule has 0 aliphatic carbocycles. The van der Waals surface area contributed by atoms with Crippen LogP contribution < -0.4 is 16.2 Å². The van der Waals surface area contributed by atoms with Crippen molar-refractivity contribution in [1.82, 2.24) is 24.5 Å². The van der Waals surface area contributed by atoms with Crippen LogP contribution in [0, 0.1) is 0 Å². The molecule has 3 aromatic rings. The highest BCUT2D eigenvalue weighted by atomic mass is 19.4. The number of nitrogens with zero attached hydrogens (tertiary/aromatic N) is 6. The van der Waals surface area contributed by atoms with Crippen LogP contribution in [-0.4, -0.2) is 70.2 Å². The topological polar surface area (TPSA) is 120 Å². The van der Waals surface area contributed by atoms with E-state index in [0.717, 1.165) is 5.39 Å². The molecule has 1 aliphatic heterocycles. The lowest BCUT2D eigenvalue weighted by Crippen LogP contribution is -2.40. The number of nitrogens with two attached hydrogens (primary N) is 2. The van der Waals surface area contributed by atoms with E-state index in [4.69, 9.17) is 16.2 Å². The second-order valence-corrected chi connectivity index (χ2v) is 7.43. The number of rotatable bonds is 4. The molecule has 12 heteroatoms. The normalized spacial score (nSPS) is 18.6. The number of alkyl halides is 3. The zero-order valence-corrected chi connectivity index (χ0v) is 17.6. The van der Waals surface area contributed by atoms with Crippen molar-refractivity contribution in [1.29, 1.82) is 0 Å². The first-order valence-electron chi connectivity index (χ1n) is 9.95. The molecule has 1 saturated heterocycles. The quantitative estimate of drug-likeness (QED) is 0.626. The average molecular weight is 448 g/mol. The van der Waals surface area contributed by atoms with Crippen molar-refractivity contribution < 1.29 is 17.9 Å². The summed E-state index contributed by atoms with van der Waals surface area (Å²) in [5.41, 5.74) is 11.9. The maximum Gasteiger partial charge on any atom is 0.431 e. The first-order valence-corrected chi connectivity index (χ1v) is 9.95. The number of para-hydroxylation sites is 1. The second-order valence-electron chi connectivity index (χ2n) is 7.43. The number of allylic oxidation sites excluding steroid dienone is 1. The molecular formula is C20H23F3N8O. The minimum absolute atomic E-state index is 0.0285. The van der Waals surface area contributed by atoms with Gasteiger partial charge in [0.05, 0.1) is 7.11 Å². The zero-order valence-electron chi connectivity index (χ0n) is 17.6. The van der Waals surface area contributed by atoms with Crippen LogP contribution in [0.15, 0.2) is 34.5 Å². The summed E-state index contributed by atoms with van der Waals surface area (Å²) in [6, 6.07) is 5.46. The summed E-state index contributed by atoms with van der Waals surface area (Å²) in [4.78, 5) is 14.8. The molecule has 0 bridgehead atoms. The molecule has 0 spiro atoms. The summed E-state index contributed by atoms with van der Waals surface area (Å²) in [5.74, 6) is 1.25. The fourth-order valence-electron chi connectivity index (χ4n) is 3.86. The van der Waals surface area contributed by atoms with Gasteiger partial charge in [-0.1, -0.05) is 6.07 Å². The number of anilines is 1. The SMILES string of the molecule is CN=C1CCN(CCc2nc3c4cccc(OC)c4nc(N)n3n2)CC1=C(N)C(F)(F)F. The standard InChI is InChI=1S/C20H23F3N8O/c1-26-13-6-8-30(10-12(13)17(24)20(21,22)23)9-7-15-27-18-11-4-3-5-14(32-2)16(11)28-19(25)31(18)29-15/h3-5H,6-10,24H2,1-2H3,(H2,25,28). The lowest BCUT2D eigenvalue weighted by atomic mass is 9.99. The van der Waals surface area contributed by atoms with Crippen LogP contribution in [0.1, 0.15) is 12.2 Å². The Balaban J connectivity index is 1.58. The average Bonchev–Trinajstić information content (AvgIpc) is 3.21.